The molecule has 1 saturated carbocycles. The standard InChI is InChI=1S/C20H19FN2O5/c21-17-6-2-1-5-16(17)20(11-3-4-12-20)19(25)28-13-18(24)22-14-7-9-15(10-8-14)23(26)27/h1-2,5-10H,3-4,11-13H2,(H,22,24). The van der Waals surface area contributed by atoms with E-state index in [4.69, 9.17) is 4.74 Å². The zero-order valence-corrected chi connectivity index (χ0v) is 15.0. The number of amides is 1. The molecule has 146 valence electrons. The van der Waals surface area contributed by atoms with Gasteiger partial charge in [0.1, 0.15) is 5.82 Å². The van der Waals surface area contributed by atoms with Gasteiger partial charge < -0.3 is 10.1 Å². The SMILES string of the molecule is O=C(COC(=O)C1(c2ccccc2F)CCCC1)Nc1ccc([N+](=O)[O-])cc1. The molecule has 0 aliphatic heterocycles. The summed E-state index contributed by atoms with van der Waals surface area (Å²) in [5, 5.41) is 13.1. The van der Waals surface area contributed by atoms with Gasteiger partial charge in [-0.15, -0.1) is 0 Å². The lowest BCUT2D eigenvalue weighted by Crippen LogP contribution is -2.37. The molecule has 2 aromatic carbocycles. The number of rotatable bonds is 6. The number of anilines is 1. The molecule has 28 heavy (non-hydrogen) atoms. The monoisotopic (exact) mass is 386 g/mol. The predicted molar refractivity (Wildman–Crippen MR) is 99.2 cm³/mol. The first-order valence-corrected chi connectivity index (χ1v) is 8.89. The van der Waals surface area contributed by atoms with Gasteiger partial charge in [0, 0.05) is 23.4 Å². The summed E-state index contributed by atoms with van der Waals surface area (Å²) in [4.78, 5) is 34.9. The summed E-state index contributed by atoms with van der Waals surface area (Å²) in [6.45, 7) is -0.522. The Bertz CT molecular complexity index is 892. The lowest BCUT2D eigenvalue weighted by atomic mass is 9.78. The van der Waals surface area contributed by atoms with Gasteiger partial charge in [0.25, 0.3) is 11.6 Å². The van der Waals surface area contributed by atoms with Crippen molar-refractivity contribution in [1.82, 2.24) is 0 Å². The highest BCUT2D eigenvalue weighted by molar-refractivity contribution is 5.94. The van der Waals surface area contributed by atoms with Crippen LogP contribution in [0.3, 0.4) is 0 Å². The zero-order chi connectivity index (χ0) is 20.1. The minimum Gasteiger partial charge on any atom is -0.455 e. The fourth-order valence-electron chi connectivity index (χ4n) is 3.54. The van der Waals surface area contributed by atoms with E-state index < -0.39 is 34.6 Å². The van der Waals surface area contributed by atoms with Crippen LogP contribution in [0.1, 0.15) is 31.2 Å². The highest BCUT2D eigenvalue weighted by atomic mass is 19.1. The molecule has 0 saturated heterocycles. The van der Waals surface area contributed by atoms with Crippen molar-refractivity contribution in [2.24, 2.45) is 0 Å². The van der Waals surface area contributed by atoms with Gasteiger partial charge >= 0.3 is 5.97 Å². The maximum absolute atomic E-state index is 14.3. The smallest absolute Gasteiger partial charge is 0.317 e. The van der Waals surface area contributed by atoms with Gasteiger partial charge in [-0.2, -0.15) is 0 Å². The number of carbonyl (C=O) groups excluding carboxylic acids is 2. The number of non-ortho nitro benzene ring substituents is 1. The summed E-state index contributed by atoms with van der Waals surface area (Å²) in [6, 6.07) is 11.4. The van der Waals surface area contributed by atoms with Crippen molar-refractivity contribution in [1.29, 1.82) is 0 Å². The van der Waals surface area contributed by atoms with Crippen LogP contribution in [-0.4, -0.2) is 23.4 Å². The van der Waals surface area contributed by atoms with Crippen LogP contribution in [0.2, 0.25) is 0 Å². The van der Waals surface area contributed by atoms with E-state index in [1.807, 2.05) is 0 Å². The van der Waals surface area contributed by atoms with Gasteiger partial charge in [0.15, 0.2) is 6.61 Å². The van der Waals surface area contributed by atoms with E-state index in [0.29, 0.717) is 24.1 Å². The Morgan fingerprint density at radius 2 is 1.75 bits per heavy atom. The highest BCUT2D eigenvalue weighted by Crippen LogP contribution is 2.43. The van der Waals surface area contributed by atoms with Crippen molar-refractivity contribution in [3.63, 3.8) is 0 Å². The van der Waals surface area contributed by atoms with Crippen molar-refractivity contribution in [2.75, 3.05) is 11.9 Å². The van der Waals surface area contributed by atoms with Crippen LogP contribution in [0.15, 0.2) is 48.5 Å². The third kappa shape index (κ3) is 4.00. The van der Waals surface area contributed by atoms with Gasteiger partial charge in [-0.05, 0) is 31.0 Å². The number of halogens is 1. The number of nitro groups is 1. The van der Waals surface area contributed by atoms with Crippen LogP contribution in [-0.2, 0) is 19.7 Å². The summed E-state index contributed by atoms with van der Waals surface area (Å²) in [6.07, 6.45) is 2.49. The van der Waals surface area contributed by atoms with E-state index in [1.165, 1.54) is 30.3 Å². The second-order valence-corrected chi connectivity index (χ2v) is 6.70. The Labute approximate surface area is 160 Å². The molecule has 1 amide bonds. The topological polar surface area (TPSA) is 98.5 Å². The van der Waals surface area contributed by atoms with Crippen molar-refractivity contribution >= 4 is 23.3 Å². The van der Waals surface area contributed by atoms with Crippen LogP contribution in [0.4, 0.5) is 15.8 Å². The van der Waals surface area contributed by atoms with Crippen molar-refractivity contribution in [2.45, 2.75) is 31.1 Å². The second kappa shape index (κ2) is 8.16. The second-order valence-electron chi connectivity index (χ2n) is 6.70. The number of nitrogens with one attached hydrogen (secondary N) is 1. The third-order valence-electron chi connectivity index (χ3n) is 4.93. The molecule has 0 radical (unpaired) electrons. The van der Waals surface area contributed by atoms with Gasteiger partial charge in [-0.1, -0.05) is 31.0 Å². The maximum atomic E-state index is 14.3. The van der Waals surface area contributed by atoms with Gasteiger partial charge in [-0.3, -0.25) is 19.7 Å². The number of ether oxygens (including phenoxy) is 1. The van der Waals surface area contributed by atoms with Gasteiger partial charge in [0.05, 0.1) is 10.3 Å². The average Bonchev–Trinajstić information content (AvgIpc) is 3.18. The fraction of sp³-hybridized carbons (Fsp3) is 0.300. The number of benzene rings is 2. The summed E-state index contributed by atoms with van der Waals surface area (Å²) < 4.78 is 19.5. The first kappa shape index (κ1) is 19.5. The normalized spacial score (nSPS) is 15.0. The van der Waals surface area contributed by atoms with E-state index in [1.54, 1.807) is 18.2 Å². The Kier molecular flexibility index (Phi) is 5.67. The molecule has 3 rings (SSSR count). The molecule has 0 aromatic heterocycles. The highest BCUT2D eigenvalue weighted by Gasteiger charge is 2.45. The third-order valence-corrected chi connectivity index (χ3v) is 4.93. The van der Waals surface area contributed by atoms with Crippen molar-refractivity contribution in [3.8, 4) is 0 Å². The molecule has 7 nitrogen and oxygen atoms in total. The number of nitrogens with zero attached hydrogens (tertiary/aromatic N) is 1. The fourth-order valence-corrected chi connectivity index (χ4v) is 3.54. The van der Waals surface area contributed by atoms with Crippen LogP contribution in [0.5, 0.6) is 0 Å². The number of nitro benzene ring substituents is 1. The van der Waals surface area contributed by atoms with Crippen LogP contribution >= 0.6 is 0 Å². The summed E-state index contributed by atoms with van der Waals surface area (Å²) in [7, 11) is 0. The molecule has 1 aliphatic rings. The predicted octanol–water partition coefficient (Wildman–Crippen LogP) is 3.73. The Balaban J connectivity index is 1.64. The van der Waals surface area contributed by atoms with Crippen molar-refractivity contribution < 1.29 is 23.6 Å². The van der Waals surface area contributed by atoms with Gasteiger partial charge in [-0.25, -0.2) is 4.39 Å². The minimum absolute atomic E-state index is 0.0995. The molecule has 0 spiro atoms. The van der Waals surface area contributed by atoms with E-state index in [2.05, 4.69) is 5.32 Å². The Hall–Kier alpha value is -3.29. The van der Waals surface area contributed by atoms with Crippen LogP contribution in [0.25, 0.3) is 0 Å². The first-order valence-electron chi connectivity index (χ1n) is 8.89. The number of esters is 1. The van der Waals surface area contributed by atoms with E-state index in [-0.39, 0.29) is 5.69 Å². The Morgan fingerprint density at radius 3 is 2.36 bits per heavy atom. The lowest BCUT2D eigenvalue weighted by Gasteiger charge is -2.27. The molecule has 1 aliphatic carbocycles. The lowest BCUT2D eigenvalue weighted by molar-refractivity contribution is -0.384. The largest absolute Gasteiger partial charge is 0.455 e. The van der Waals surface area contributed by atoms with Gasteiger partial charge in [0.2, 0.25) is 0 Å². The van der Waals surface area contributed by atoms with Crippen molar-refractivity contribution in [3.05, 3.63) is 70.0 Å². The molecule has 8 heteroatoms. The molecular formula is C20H19FN2O5. The molecule has 0 unspecified atom stereocenters. The molecule has 2 aromatic rings. The van der Waals surface area contributed by atoms with E-state index in [9.17, 15) is 24.1 Å². The quantitative estimate of drug-likeness (QED) is 0.463. The molecule has 0 bridgehead atoms. The van der Waals surface area contributed by atoms with E-state index in [0.717, 1.165) is 12.8 Å². The Morgan fingerprint density at radius 1 is 1.11 bits per heavy atom. The summed E-state index contributed by atoms with van der Waals surface area (Å²) in [5.74, 6) is -1.66. The summed E-state index contributed by atoms with van der Waals surface area (Å²) in [5.41, 5.74) is -0.527. The van der Waals surface area contributed by atoms with Crippen LogP contribution in [0, 0.1) is 15.9 Å². The molecule has 1 fully saturated rings. The average molecular weight is 386 g/mol. The van der Waals surface area contributed by atoms with E-state index >= 15 is 0 Å². The molecule has 0 heterocycles. The molecule has 1 N–H and O–H groups in total. The zero-order valence-electron chi connectivity index (χ0n) is 15.0. The van der Waals surface area contributed by atoms with Crippen LogP contribution < -0.4 is 5.32 Å². The molecular weight excluding hydrogens is 367 g/mol. The number of hydrogen-bond acceptors (Lipinski definition) is 5. The summed E-state index contributed by atoms with van der Waals surface area (Å²) >= 11 is 0. The first-order chi connectivity index (χ1) is 13.4. The number of carbonyl (C=O) groups is 2. The maximum Gasteiger partial charge on any atom is 0.317 e. The molecule has 0 atom stereocenters. The minimum atomic E-state index is -1.07. The number of hydrogen-bond donors (Lipinski definition) is 1.